The molecular formula is C12H11F2NOS. The zero-order valence-electron chi connectivity index (χ0n) is 9.15. The highest BCUT2D eigenvalue weighted by molar-refractivity contribution is 7.11. The van der Waals surface area contributed by atoms with Gasteiger partial charge in [-0.15, -0.1) is 11.3 Å². The number of thiazole rings is 1. The summed E-state index contributed by atoms with van der Waals surface area (Å²) in [5.74, 6) is -1.18. The van der Waals surface area contributed by atoms with E-state index >= 15 is 0 Å². The molecule has 1 atom stereocenters. The Bertz CT molecular complexity index is 505. The fourth-order valence-corrected chi connectivity index (χ4v) is 2.38. The van der Waals surface area contributed by atoms with Crippen LogP contribution in [-0.4, -0.2) is 10.1 Å². The van der Waals surface area contributed by atoms with Crippen LogP contribution in [0, 0.1) is 11.6 Å². The second-order valence-electron chi connectivity index (χ2n) is 3.79. The first-order valence-electron chi connectivity index (χ1n) is 5.12. The molecule has 2 nitrogen and oxygen atoms in total. The lowest BCUT2D eigenvalue weighted by atomic mass is 10.1. The number of halogens is 2. The Balaban J connectivity index is 2.19. The summed E-state index contributed by atoms with van der Waals surface area (Å²) in [6.07, 6.45) is 1.39. The SMILES string of the molecule is CC(O)c1cnc(Cc2cc(F)cc(F)c2)s1. The molecule has 5 heteroatoms. The minimum atomic E-state index is -0.590. The molecule has 0 aliphatic heterocycles. The molecule has 0 aliphatic rings. The molecule has 1 heterocycles. The Morgan fingerprint density at radius 1 is 1.29 bits per heavy atom. The number of aromatic nitrogens is 1. The predicted molar refractivity (Wildman–Crippen MR) is 61.9 cm³/mol. The number of hydrogen-bond donors (Lipinski definition) is 1. The highest BCUT2D eigenvalue weighted by Gasteiger charge is 2.08. The van der Waals surface area contributed by atoms with Crippen molar-refractivity contribution in [1.29, 1.82) is 0 Å². The molecule has 2 rings (SSSR count). The van der Waals surface area contributed by atoms with Gasteiger partial charge in [0, 0.05) is 18.7 Å². The van der Waals surface area contributed by atoms with Gasteiger partial charge in [0.2, 0.25) is 0 Å². The van der Waals surface area contributed by atoms with Crippen molar-refractivity contribution in [2.75, 3.05) is 0 Å². The van der Waals surface area contributed by atoms with Crippen LogP contribution in [0.2, 0.25) is 0 Å². The van der Waals surface area contributed by atoms with E-state index in [0.717, 1.165) is 16.0 Å². The zero-order chi connectivity index (χ0) is 12.4. The number of aliphatic hydroxyl groups is 1. The van der Waals surface area contributed by atoms with Gasteiger partial charge >= 0.3 is 0 Å². The minimum Gasteiger partial charge on any atom is -0.388 e. The topological polar surface area (TPSA) is 33.1 Å². The van der Waals surface area contributed by atoms with Crippen molar-refractivity contribution in [3.63, 3.8) is 0 Å². The summed E-state index contributed by atoms with van der Waals surface area (Å²) in [4.78, 5) is 4.85. The Hall–Kier alpha value is -1.33. The van der Waals surface area contributed by atoms with E-state index in [-0.39, 0.29) is 0 Å². The van der Waals surface area contributed by atoms with Gasteiger partial charge in [0.25, 0.3) is 0 Å². The molecule has 0 spiro atoms. The van der Waals surface area contributed by atoms with E-state index in [1.165, 1.54) is 23.5 Å². The molecule has 90 valence electrons. The third-order valence-corrected chi connectivity index (χ3v) is 3.43. The van der Waals surface area contributed by atoms with Crippen LogP contribution in [0.5, 0.6) is 0 Å². The molecule has 1 N–H and O–H groups in total. The molecular weight excluding hydrogens is 244 g/mol. The summed E-state index contributed by atoms with van der Waals surface area (Å²) < 4.78 is 25.9. The largest absolute Gasteiger partial charge is 0.388 e. The summed E-state index contributed by atoms with van der Waals surface area (Å²) in [5, 5.41) is 10.1. The Labute approximate surface area is 102 Å². The van der Waals surface area contributed by atoms with Crippen molar-refractivity contribution in [2.45, 2.75) is 19.4 Å². The lowest BCUT2D eigenvalue weighted by Gasteiger charge is -1.99. The Kier molecular flexibility index (Phi) is 3.49. The normalized spacial score (nSPS) is 12.7. The van der Waals surface area contributed by atoms with E-state index in [4.69, 9.17) is 0 Å². The number of aliphatic hydroxyl groups excluding tert-OH is 1. The van der Waals surface area contributed by atoms with Crippen molar-refractivity contribution in [3.05, 3.63) is 51.5 Å². The van der Waals surface area contributed by atoms with E-state index in [9.17, 15) is 13.9 Å². The molecule has 0 amide bonds. The molecule has 17 heavy (non-hydrogen) atoms. The number of benzene rings is 1. The summed E-state index contributed by atoms with van der Waals surface area (Å²) in [6, 6.07) is 3.41. The third-order valence-electron chi connectivity index (χ3n) is 2.26. The highest BCUT2D eigenvalue weighted by Crippen LogP contribution is 2.22. The van der Waals surface area contributed by atoms with Gasteiger partial charge in [0.15, 0.2) is 0 Å². The first-order valence-corrected chi connectivity index (χ1v) is 5.94. The van der Waals surface area contributed by atoms with Gasteiger partial charge in [-0.25, -0.2) is 13.8 Å². The van der Waals surface area contributed by atoms with Crippen LogP contribution < -0.4 is 0 Å². The summed E-state index contributed by atoms with van der Waals surface area (Å²) in [7, 11) is 0. The number of nitrogens with zero attached hydrogens (tertiary/aromatic N) is 1. The summed E-state index contributed by atoms with van der Waals surface area (Å²) >= 11 is 1.34. The molecule has 0 saturated heterocycles. The lowest BCUT2D eigenvalue weighted by molar-refractivity contribution is 0.203. The van der Waals surface area contributed by atoms with Gasteiger partial charge in [-0.3, -0.25) is 0 Å². The van der Waals surface area contributed by atoms with Crippen LogP contribution in [0.3, 0.4) is 0 Å². The van der Waals surface area contributed by atoms with Crippen molar-refractivity contribution >= 4 is 11.3 Å². The van der Waals surface area contributed by atoms with Gasteiger partial charge < -0.3 is 5.11 Å². The fourth-order valence-electron chi connectivity index (χ4n) is 1.49. The van der Waals surface area contributed by atoms with E-state index in [1.807, 2.05) is 0 Å². The molecule has 0 aliphatic carbocycles. The van der Waals surface area contributed by atoms with Crippen LogP contribution in [-0.2, 0) is 6.42 Å². The molecule has 1 aromatic carbocycles. The maximum absolute atomic E-state index is 13.0. The van der Waals surface area contributed by atoms with Crippen molar-refractivity contribution in [1.82, 2.24) is 4.98 Å². The monoisotopic (exact) mass is 255 g/mol. The second kappa shape index (κ2) is 4.89. The van der Waals surface area contributed by atoms with Crippen LogP contribution in [0.1, 0.15) is 28.5 Å². The van der Waals surface area contributed by atoms with Crippen molar-refractivity contribution < 1.29 is 13.9 Å². The maximum atomic E-state index is 13.0. The second-order valence-corrected chi connectivity index (χ2v) is 4.93. The number of rotatable bonds is 3. The molecule has 0 radical (unpaired) electrons. The Morgan fingerprint density at radius 3 is 2.47 bits per heavy atom. The average molecular weight is 255 g/mol. The lowest BCUT2D eigenvalue weighted by Crippen LogP contribution is -1.90. The van der Waals surface area contributed by atoms with Gasteiger partial charge in [0.1, 0.15) is 11.6 Å². The van der Waals surface area contributed by atoms with Gasteiger partial charge in [-0.2, -0.15) is 0 Å². The smallest absolute Gasteiger partial charge is 0.126 e. The predicted octanol–water partition coefficient (Wildman–Crippen LogP) is 3.07. The summed E-state index contributed by atoms with van der Waals surface area (Å²) in [6.45, 7) is 1.65. The molecule has 0 bridgehead atoms. The van der Waals surface area contributed by atoms with Crippen LogP contribution in [0.25, 0.3) is 0 Å². The quantitative estimate of drug-likeness (QED) is 0.914. The minimum absolute atomic E-state index is 0.367. The van der Waals surface area contributed by atoms with E-state index < -0.39 is 17.7 Å². The first kappa shape index (κ1) is 12.1. The van der Waals surface area contributed by atoms with Crippen LogP contribution in [0.15, 0.2) is 24.4 Å². The molecule has 0 fully saturated rings. The van der Waals surface area contributed by atoms with Crippen LogP contribution >= 0.6 is 11.3 Å². The molecule has 2 aromatic rings. The fraction of sp³-hybridized carbons (Fsp3) is 0.250. The third kappa shape index (κ3) is 3.08. The van der Waals surface area contributed by atoms with Gasteiger partial charge in [0.05, 0.1) is 16.0 Å². The van der Waals surface area contributed by atoms with E-state index in [2.05, 4.69) is 4.98 Å². The summed E-state index contributed by atoms with van der Waals surface area (Å²) in [5.41, 5.74) is 0.536. The standard InChI is InChI=1S/C12H11F2NOS/c1-7(16)11-6-15-12(17-11)4-8-2-9(13)5-10(14)3-8/h2-3,5-7,16H,4H2,1H3. The first-order chi connectivity index (χ1) is 8.04. The Morgan fingerprint density at radius 2 is 1.94 bits per heavy atom. The van der Waals surface area contributed by atoms with E-state index in [0.29, 0.717) is 12.0 Å². The zero-order valence-corrected chi connectivity index (χ0v) is 9.97. The molecule has 0 saturated carbocycles. The average Bonchev–Trinajstić information content (AvgIpc) is 2.64. The highest BCUT2D eigenvalue weighted by atomic mass is 32.1. The van der Waals surface area contributed by atoms with Gasteiger partial charge in [-0.1, -0.05) is 0 Å². The molecule has 1 aromatic heterocycles. The van der Waals surface area contributed by atoms with Crippen molar-refractivity contribution in [3.8, 4) is 0 Å². The molecule has 1 unspecified atom stereocenters. The maximum Gasteiger partial charge on any atom is 0.126 e. The van der Waals surface area contributed by atoms with E-state index in [1.54, 1.807) is 13.1 Å². The van der Waals surface area contributed by atoms with Crippen LogP contribution in [0.4, 0.5) is 8.78 Å². The number of hydrogen-bond acceptors (Lipinski definition) is 3. The van der Waals surface area contributed by atoms with Crippen molar-refractivity contribution in [2.24, 2.45) is 0 Å². The van der Waals surface area contributed by atoms with Gasteiger partial charge in [-0.05, 0) is 24.6 Å².